The summed E-state index contributed by atoms with van der Waals surface area (Å²) in [4.78, 5) is 0. The highest BCUT2D eigenvalue weighted by atomic mass is 79.9. The van der Waals surface area contributed by atoms with Crippen molar-refractivity contribution >= 4 is 15.9 Å². The minimum absolute atomic E-state index is 0.178. The molecule has 1 unspecified atom stereocenters. The summed E-state index contributed by atoms with van der Waals surface area (Å²) >= 11 is 3.41. The van der Waals surface area contributed by atoms with Gasteiger partial charge in [-0.1, -0.05) is 22.4 Å². The smallest absolute Gasteiger partial charge is 0.180 e. The molecule has 0 aromatic carbocycles. The van der Waals surface area contributed by atoms with E-state index in [9.17, 15) is 0 Å². The van der Waals surface area contributed by atoms with E-state index in [4.69, 9.17) is 18.9 Å². The molecule has 1 atom stereocenters. The van der Waals surface area contributed by atoms with Crippen molar-refractivity contribution in [3.05, 3.63) is 0 Å². The molecular formula is C12H23BrO4. The van der Waals surface area contributed by atoms with Crippen LogP contribution in [0, 0.1) is 0 Å². The van der Waals surface area contributed by atoms with Crippen molar-refractivity contribution < 1.29 is 18.9 Å². The Balaban J connectivity index is 1.75. The molecule has 17 heavy (non-hydrogen) atoms. The molecule has 5 heteroatoms. The first-order chi connectivity index (χ1) is 8.43. The number of unbranched alkanes of at least 4 members (excludes halogenated alkanes) is 2. The Bertz CT molecular complexity index is 163. The fraction of sp³-hybridized carbons (Fsp3) is 1.00. The average Bonchev–Trinajstić information content (AvgIpc) is 2.38. The first kappa shape index (κ1) is 15.4. The first-order valence-electron chi connectivity index (χ1n) is 6.38. The van der Waals surface area contributed by atoms with E-state index in [-0.39, 0.29) is 6.29 Å². The Labute approximate surface area is 112 Å². The maximum atomic E-state index is 5.50. The highest BCUT2D eigenvalue weighted by molar-refractivity contribution is 9.09. The van der Waals surface area contributed by atoms with E-state index in [2.05, 4.69) is 15.9 Å². The average molecular weight is 311 g/mol. The molecule has 0 N–H and O–H groups in total. The number of rotatable bonds is 10. The van der Waals surface area contributed by atoms with Gasteiger partial charge in [0.2, 0.25) is 0 Å². The number of ether oxygens (including phenoxy) is 4. The van der Waals surface area contributed by atoms with Crippen LogP contribution in [0.4, 0.5) is 0 Å². The van der Waals surface area contributed by atoms with E-state index in [1.165, 1.54) is 12.8 Å². The summed E-state index contributed by atoms with van der Waals surface area (Å²) in [5.41, 5.74) is 0. The van der Waals surface area contributed by atoms with Gasteiger partial charge in [-0.3, -0.25) is 0 Å². The molecule has 0 spiro atoms. The lowest BCUT2D eigenvalue weighted by Gasteiger charge is -2.22. The summed E-state index contributed by atoms with van der Waals surface area (Å²) in [7, 11) is 0. The highest BCUT2D eigenvalue weighted by Crippen LogP contribution is 2.03. The number of hydrogen-bond donors (Lipinski definition) is 0. The molecule has 0 bridgehead atoms. The number of hydrogen-bond acceptors (Lipinski definition) is 4. The van der Waals surface area contributed by atoms with Crippen LogP contribution in [-0.4, -0.2) is 51.3 Å². The van der Waals surface area contributed by atoms with Crippen LogP contribution in [0.2, 0.25) is 0 Å². The van der Waals surface area contributed by atoms with Crippen LogP contribution in [0.15, 0.2) is 0 Å². The van der Waals surface area contributed by atoms with Crippen molar-refractivity contribution in [1.29, 1.82) is 0 Å². The molecule has 1 heterocycles. The molecule has 1 fully saturated rings. The molecular weight excluding hydrogens is 288 g/mol. The molecule has 0 aliphatic carbocycles. The minimum atomic E-state index is -0.178. The standard InChI is InChI=1S/C12H23BrO4/c13-5-2-1-3-6-14-7-4-8-16-12-11-15-9-10-17-12/h12H,1-11H2. The zero-order chi connectivity index (χ0) is 12.2. The van der Waals surface area contributed by atoms with E-state index >= 15 is 0 Å². The molecule has 4 nitrogen and oxygen atoms in total. The largest absolute Gasteiger partial charge is 0.381 e. The van der Waals surface area contributed by atoms with Crippen molar-refractivity contribution in [2.24, 2.45) is 0 Å². The van der Waals surface area contributed by atoms with Crippen molar-refractivity contribution in [3.8, 4) is 0 Å². The van der Waals surface area contributed by atoms with E-state index in [0.717, 1.165) is 31.4 Å². The van der Waals surface area contributed by atoms with Gasteiger partial charge in [-0.05, 0) is 19.3 Å². The summed E-state index contributed by atoms with van der Waals surface area (Å²) in [6.45, 7) is 4.16. The third-order valence-corrected chi connectivity index (χ3v) is 3.01. The van der Waals surface area contributed by atoms with Gasteiger partial charge in [0.15, 0.2) is 6.29 Å². The molecule has 102 valence electrons. The van der Waals surface area contributed by atoms with Crippen LogP contribution in [0.1, 0.15) is 25.7 Å². The zero-order valence-corrected chi connectivity index (χ0v) is 12.0. The van der Waals surface area contributed by atoms with Gasteiger partial charge >= 0.3 is 0 Å². The molecule has 1 aliphatic heterocycles. The lowest BCUT2D eigenvalue weighted by atomic mass is 10.3. The Morgan fingerprint density at radius 3 is 2.65 bits per heavy atom. The second kappa shape index (κ2) is 11.4. The quantitative estimate of drug-likeness (QED) is 0.458. The second-order valence-electron chi connectivity index (χ2n) is 3.96. The second-order valence-corrected chi connectivity index (χ2v) is 4.75. The minimum Gasteiger partial charge on any atom is -0.381 e. The summed E-state index contributed by atoms with van der Waals surface area (Å²) in [6, 6.07) is 0. The summed E-state index contributed by atoms with van der Waals surface area (Å²) < 4.78 is 21.6. The van der Waals surface area contributed by atoms with E-state index in [1.807, 2.05) is 0 Å². The van der Waals surface area contributed by atoms with Gasteiger partial charge in [-0.2, -0.15) is 0 Å². The number of halogens is 1. The third-order valence-electron chi connectivity index (χ3n) is 2.44. The topological polar surface area (TPSA) is 36.9 Å². The zero-order valence-electron chi connectivity index (χ0n) is 10.4. The van der Waals surface area contributed by atoms with Crippen LogP contribution in [0.3, 0.4) is 0 Å². The summed E-state index contributed by atoms with van der Waals surface area (Å²) in [6.07, 6.45) is 4.34. The summed E-state index contributed by atoms with van der Waals surface area (Å²) in [5, 5.41) is 1.09. The van der Waals surface area contributed by atoms with Crippen LogP contribution >= 0.6 is 15.9 Å². The monoisotopic (exact) mass is 310 g/mol. The fourth-order valence-corrected chi connectivity index (χ4v) is 1.91. The molecule has 1 rings (SSSR count). The van der Waals surface area contributed by atoms with Gasteiger partial charge in [-0.15, -0.1) is 0 Å². The molecule has 1 aliphatic rings. The van der Waals surface area contributed by atoms with Crippen molar-refractivity contribution in [2.45, 2.75) is 32.0 Å². The van der Waals surface area contributed by atoms with Gasteiger partial charge < -0.3 is 18.9 Å². The van der Waals surface area contributed by atoms with Gasteiger partial charge in [0.05, 0.1) is 26.4 Å². The van der Waals surface area contributed by atoms with E-state index in [0.29, 0.717) is 26.4 Å². The van der Waals surface area contributed by atoms with Gasteiger partial charge in [0.25, 0.3) is 0 Å². The van der Waals surface area contributed by atoms with Gasteiger partial charge in [-0.25, -0.2) is 0 Å². The van der Waals surface area contributed by atoms with Crippen molar-refractivity contribution in [2.75, 3.05) is 45.0 Å². The maximum absolute atomic E-state index is 5.50. The lowest BCUT2D eigenvalue weighted by molar-refractivity contribution is -0.212. The van der Waals surface area contributed by atoms with Crippen LogP contribution in [0.5, 0.6) is 0 Å². The third kappa shape index (κ3) is 8.97. The predicted octanol–water partition coefficient (Wildman–Crippen LogP) is 2.35. The Hall–Kier alpha value is 0.320. The summed E-state index contributed by atoms with van der Waals surface area (Å²) in [5.74, 6) is 0. The van der Waals surface area contributed by atoms with Crippen molar-refractivity contribution in [3.63, 3.8) is 0 Å². The lowest BCUT2D eigenvalue weighted by Crippen LogP contribution is -2.31. The molecule has 0 amide bonds. The van der Waals surface area contributed by atoms with Crippen LogP contribution in [-0.2, 0) is 18.9 Å². The van der Waals surface area contributed by atoms with Crippen LogP contribution < -0.4 is 0 Å². The van der Waals surface area contributed by atoms with Crippen LogP contribution in [0.25, 0.3) is 0 Å². The molecule has 0 radical (unpaired) electrons. The predicted molar refractivity (Wildman–Crippen MR) is 69.6 cm³/mol. The first-order valence-corrected chi connectivity index (χ1v) is 7.50. The Morgan fingerprint density at radius 1 is 1.00 bits per heavy atom. The highest BCUT2D eigenvalue weighted by Gasteiger charge is 2.13. The SMILES string of the molecule is BrCCCCCOCCCOC1COCCO1. The van der Waals surface area contributed by atoms with Gasteiger partial charge in [0.1, 0.15) is 0 Å². The fourth-order valence-electron chi connectivity index (χ4n) is 1.52. The maximum Gasteiger partial charge on any atom is 0.180 e. The Morgan fingerprint density at radius 2 is 1.88 bits per heavy atom. The van der Waals surface area contributed by atoms with E-state index < -0.39 is 0 Å². The molecule has 1 saturated heterocycles. The molecule has 0 aromatic rings. The normalized spacial score (nSPS) is 20.6. The molecule has 0 saturated carbocycles. The van der Waals surface area contributed by atoms with Crippen molar-refractivity contribution in [1.82, 2.24) is 0 Å². The van der Waals surface area contributed by atoms with Gasteiger partial charge in [0, 0.05) is 18.5 Å². The molecule has 0 aromatic heterocycles. The Kier molecular flexibility index (Phi) is 10.3. The number of alkyl halides is 1. The van der Waals surface area contributed by atoms with E-state index in [1.54, 1.807) is 0 Å².